The molecule has 0 fully saturated rings. The van der Waals surface area contributed by atoms with Crippen molar-refractivity contribution in [1.29, 1.82) is 0 Å². The molecule has 0 atom stereocenters. The third-order valence-corrected chi connectivity index (χ3v) is 2.39. The number of hydrogen-bond donors (Lipinski definition) is 2. The molecule has 5 heteroatoms. The number of guanidine groups is 1. The Kier molecular flexibility index (Phi) is 6.03. The van der Waals surface area contributed by atoms with Crippen LogP contribution in [-0.2, 0) is 6.54 Å². The van der Waals surface area contributed by atoms with E-state index >= 15 is 0 Å². The van der Waals surface area contributed by atoms with Crippen molar-refractivity contribution >= 4 is 5.96 Å². The Morgan fingerprint density at radius 2 is 2.35 bits per heavy atom. The zero-order valence-electron chi connectivity index (χ0n) is 10.6. The SMILES string of the molecule is CCCCN=C(NN)N(C)Cc1ccccn1. The normalized spacial score (nSPS) is 11.4. The van der Waals surface area contributed by atoms with Crippen LogP contribution in [0, 0.1) is 0 Å². The first-order valence-corrected chi connectivity index (χ1v) is 5.90. The summed E-state index contributed by atoms with van der Waals surface area (Å²) in [7, 11) is 1.94. The monoisotopic (exact) mass is 235 g/mol. The van der Waals surface area contributed by atoms with E-state index < -0.39 is 0 Å². The number of pyridine rings is 1. The maximum absolute atomic E-state index is 5.47. The summed E-state index contributed by atoms with van der Waals surface area (Å²) in [6.07, 6.45) is 3.99. The number of aliphatic imine (C=N–C) groups is 1. The van der Waals surface area contributed by atoms with E-state index in [9.17, 15) is 0 Å². The Balaban J connectivity index is 2.54. The highest BCUT2D eigenvalue weighted by molar-refractivity contribution is 5.79. The van der Waals surface area contributed by atoms with Crippen molar-refractivity contribution in [2.75, 3.05) is 13.6 Å². The molecular weight excluding hydrogens is 214 g/mol. The van der Waals surface area contributed by atoms with Gasteiger partial charge in [0.05, 0.1) is 12.2 Å². The van der Waals surface area contributed by atoms with Gasteiger partial charge in [-0.15, -0.1) is 0 Å². The molecule has 17 heavy (non-hydrogen) atoms. The average molecular weight is 235 g/mol. The Labute approximate surface area is 103 Å². The maximum Gasteiger partial charge on any atom is 0.208 e. The van der Waals surface area contributed by atoms with Gasteiger partial charge >= 0.3 is 0 Å². The molecule has 0 aliphatic carbocycles. The lowest BCUT2D eigenvalue weighted by Gasteiger charge is -2.20. The Hall–Kier alpha value is -1.62. The lowest BCUT2D eigenvalue weighted by Crippen LogP contribution is -2.42. The number of hydrazine groups is 1. The fourth-order valence-corrected chi connectivity index (χ4v) is 1.43. The number of nitrogens with zero attached hydrogens (tertiary/aromatic N) is 3. The Bertz CT molecular complexity index is 336. The highest BCUT2D eigenvalue weighted by atomic mass is 15.4. The summed E-state index contributed by atoms with van der Waals surface area (Å²) in [6, 6.07) is 5.86. The summed E-state index contributed by atoms with van der Waals surface area (Å²) < 4.78 is 0. The van der Waals surface area contributed by atoms with Gasteiger partial charge in [0.15, 0.2) is 0 Å². The van der Waals surface area contributed by atoms with E-state index in [2.05, 4.69) is 22.3 Å². The fraction of sp³-hybridized carbons (Fsp3) is 0.500. The zero-order valence-corrected chi connectivity index (χ0v) is 10.6. The highest BCUT2D eigenvalue weighted by Crippen LogP contribution is 1.99. The van der Waals surface area contributed by atoms with Crippen LogP contribution in [0.1, 0.15) is 25.5 Å². The van der Waals surface area contributed by atoms with E-state index in [1.165, 1.54) is 0 Å². The standard InChI is InChI=1S/C12H21N5/c1-3-4-8-15-12(16-13)17(2)10-11-7-5-6-9-14-11/h5-7,9H,3-4,8,10,13H2,1-2H3,(H,15,16). The van der Waals surface area contributed by atoms with Crippen LogP contribution in [0.15, 0.2) is 29.4 Å². The molecular formula is C12H21N5. The molecule has 1 heterocycles. The molecule has 0 amide bonds. The number of rotatable bonds is 5. The molecule has 0 bridgehead atoms. The third-order valence-electron chi connectivity index (χ3n) is 2.39. The lowest BCUT2D eigenvalue weighted by molar-refractivity contribution is 0.469. The highest BCUT2D eigenvalue weighted by Gasteiger charge is 2.05. The van der Waals surface area contributed by atoms with Crippen molar-refractivity contribution in [2.24, 2.45) is 10.8 Å². The van der Waals surface area contributed by atoms with Crippen molar-refractivity contribution in [1.82, 2.24) is 15.3 Å². The molecule has 0 radical (unpaired) electrons. The topological polar surface area (TPSA) is 66.5 Å². The average Bonchev–Trinajstić information content (AvgIpc) is 2.36. The van der Waals surface area contributed by atoms with Crippen LogP contribution >= 0.6 is 0 Å². The van der Waals surface area contributed by atoms with Crippen molar-refractivity contribution in [2.45, 2.75) is 26.3 Å². The minimum absolute atomic E-state index is 0.690. The van der Waals surface area contributed by atoms with Crippen LogP contribution in [0.5, 0.6) is 0 Å². The largest absolute Gasteiger partial charge is 0.339 e. The van der Waals surface area contributed by atoms with Gasteiger partial charge in [-0.1, -0.05) is 19.4 Å². The van der Waals surface area contributed by atoms with Crippen molar-refractivity contribution in [3.8, 4) is 0 Å². The van der Waals surface area contributed by atoms with E-state index in [1.807, 2.05) is 30.1 Å². The predicted molar refractivity (Wildman–Crippen MR) is 70.2 cm³/mol. The second-order valence-corrected chi connectivity index (χ2v) is 3.88. The molecule has 0 aliphatic rings. The second-order valence-electron chi connectivity index (χ2n) is 3.88. The predicted octanol–water partition coefficient (Wildman–Crippen LogP) is 1.13. The third kappa shape index (κ3) is 4.82. The molecule has 3 N–H and O–H groups in total. The van der Waals surface area contributed by atoms with Crippen LogP contribution in [0.3, 0.4) is 0 Å². The Morgan fingerprint density at radius 1 is 1.53 bits per heavy atom. The molecule has 0 aromatic carbocycles. The molecule has 1 rings (SSSR count). The van der Waals surface area contributed by atoms with Crippen LogP contribution in [0.4, 0.5) is 0 Å². The quantitative estimate of drug-likeness (QED) is 0.264. The first-order valence-electron chi connectivity index (χ1n) is 5.90. The van der Waals surface area contributed by atoms with Gasteiger partial charge in [-0.05, 0) is 18.6 Å². The van der Waals surface area contributed by atoms with E-state index in [4.69, 9.17) is 5.84 Å². The number of aromatic nitrogens is 1. The summed E-state index contributed by atoms with van der Waals surface area (Å²) in [5, 5.41) is 0. The molecule has 0 aliphatic heterocycles. The van der Waals surface area contributed by atoms with Gasteiger partial charge in [-0.2, -0.15) is 0 Å². The van der Waals surface area contributed by atoms with E-state index in [-0.39, 0.29) is 0 Å². The molecule has 0 unspecified atom stereocenters. The van der Waals surface area contributed by atoms with Crippen LogP contribution < -0.4 is 11.3 Å². The number of unbranched alkanes of at least 4 members (excludes halogenated alkanes) is 1. The van der Waals surface area contributed by atoms with Crippen LogP contribution in [0.2, 0.25) is 0 Å². The second kappa shape index (κ2) is 7.62. The number of nitrogens with two attached hydrogens (primary N) is 1. The van der Waals surface area contributed by atoms with Crippen molar-refractivity contribution < 1.29 is 0 Å². The number of hydrogen-bond acceptors (Lipinski definition) is 3. The van der Waals surface area contributed by atoms with Gasteiger partial charge in [0.2, 0.25) is 5.96 Å². The fourth-order valence-electron chi connectivity index (χ4n) is 1.43. The van der Waals surface area contributed by atoms with Gasteiger partial charge in [0.1, 0.15) is 0 Å². The van der Waals surface area contributed by atoms with E-state index in [0.717, 1.165) is 25.1 Å². The van der Waals surface area contributed by atoms with Gasteiger partial charge in [-0.25, -0.2) is 5.84 Å². The summed E-state index contributed by atoms with van der Waals surface area (Å²) in [6.45, 7) is 3.63. The summed E-state index contributed by atoms with van der Waals surface area (Å²) in [5.74, 6) is 6.16. The molecule has 94 valence electrons. The maximum atomic E-state index is 5.47. The molecule has 0 saturated carbocycles. The van der Waals surface area contributed by atoms with Crippen molar-refractivity contribution in [3.05, 3.63) is 30.1 Å². The van der Waals surface area contributed by atoms with Crippen molar-refractivity contribution in [3.63, 3.8) is 0 Å². The van der Waals surface area contributed by atoms with Gasteiger partial charge in [0.25, 0.3) is 0 Å². The van der Waals surface area contributed by atoms with Gasteiger partial charge in [0, 0.05) is 19.8 Å². The molecule has 5 nitrogen and oxygen atoms in total. The summed E-state index contributed by atoms with van der Waals surface area (Å²) in [4.78, 5) is 10.6. The van der Waals surface area contributed by atoms with Crippen LogP contribution in [-0.4, -0.2) is 29.4 Å². The lowest BCUT2D eigenvalue weighted by atomic mass is 10.3. The van der Waals surface area contributed by atoms with Crippen LogP contribution in [0.25, 0.3) is 0 Å². The summed E-state index contributed by atoms with van der Waals surface area (Å²) >= 11 is 0. The van der Waals surface area contributed by atoms with E-state index in [1.54, 1.807) is 6.20 Å². The smallest absolute Gasteiger partial charge is 0.208 e. The first-order chi connectivity index (χ1) is 8.27. The van der Waals surface area contributed by atoms with E-state index in [0.29, 0.717) is 12.5 Å². The van der Waals surface area contributed by atoms with Gasteiger partial charge in [-0.3, -0.25) is 15.4 Å². The Morgan fingerprint density at radius 3 is 2.94 bits per heavy atom. The molecule has 1 aromatic heterocycles. The minimum Gasteiger partial charge on any atom is -0.339 e. The number of nitrogens with one attached hydrogen (secondary N) is 1. The van der Waals surface area contributed by atoms with Gasteiger partial charge < -0.3 is 4.90 Å². The minimum atomic E-state index is 0.690. The molecule has 0 saturated heterocycles. The summed E-state index contributed by atoms with van der Waals surface area (Å²) in [5.41, 5.74) is 3.62. The zero-order chi connectivity index (χ0) is 12.5. The molecule has 0 spiro atoms. The first kappa shape index (κ1) is 13.4. The molecule has 1 aromatic rings.